The van der Waals surface area contributed by atoms with E-state index in [0.717, 1.165) is 18.5 Å². The maximum atomic E-state index is 13.6. The molecule has 1 saturated carbocycles. The highest BCUT2D eigenvalue weighted by Crippen LogP contribution is 2.42. The number of alkyl halides is 2. The number of rotatable bonds is 6. The fourth-order valence-corrected chi connectivity index (χ4v) is 3.64. The third-order valence-electron chi connectivity index (χ3n) is 5.29. The lowest BCUT2D eigenvalue weighted by Crippen LogP contribution is -2.21. The Morgan fingerprint density at radius 1 is 1.13 bits per heavy atom. The molecule has 9 heteroatoms. The molecule has 158 valence electrons. The van der Waals surface area contributed by atoms with E-state index >= 15 is 0 Å². The first-order valence-corrected chi connectivity index (χ1v) is 9.75. The summed E-state index contributed by atoms with van der Waals surface area (Å²) in [4.78, 5) is 17.9. The van der Waals surface area contributed by atoms with E-state index in [-0.39, 0.29) is 11.3 Å². The van der Waals surface area contributed by atoms with Crippen molar-refractivity contribution in [3.8, 4) is 28.4 Å². The molecule has 0 bridgehead atoms. The summed E-state index contributed by atoms with van der Waals surface area (Å²) in [6.45, 7) is -2.92. The zero-order valence-electron chi connectivity index (χ0n) is 16.5. The van der Waals surface area contributed by atoms with E-state index in [2.05, 4.69) is 19.9 Å². The lowest BCUT2D eigenvalue weighted by Gasteiger charge is -2.13. The molecular weight excluding hydrogens is 406 g/mol. The molecule has 1 fully saturated rings. The lowest BCUT2D eigenvalue weighted by molar-refractivity contribution is -0.0498. The van der Waals surface area contributed by atoms with Gasteiger partial charge < -0.3 is 9.47 Å². The molecule has 1 aliphatic rings. The molecule has 0 spiro atoms. The Hall–Kier alpha value is -3.75. The van der Waals surface area contributed by atoms with Gasteiger partial charge in [-0.2, -0.15) is 13.9 Å². The molecule has 1 aliphatic carbocycles. The van der Waals surface area contributed by atoms with Crippen molar-refractivity contribution in [1.82, 2.24) is 19.7 Å². The van der Waals surface area contributed by atoms with Crippen LogP contribution >= 0.6 is 0 Å². The normalized spacial score (nSPS) is 13.7. The number of nitrogens with zero attached hydrogens (tertiary/aromatic N) is 3. The summed E-state index contributed by atoms with van der Waals surface area (Å²) in [5.41, 5.74) is 3.31. The van der Waals surface area contributed by atoms with Gasteiger partial charge in [0.25, 0.3) is 5.56 Å². The van der Waals surface area contributed by atoms with Gasteiger partial charge in [0.05, 0.1) is 35.8 Å². The predicted molar refractivity (Wildman–Crippen MR) is 110 cm³/mol. The number of aromatic nitrogens is 4. The Bertz CT molecular complexity index is 1290. The number of benzene rings is 1. The van der Waals surface area contributed by atoms with Gasteiger partial charge in [-0.25, -0.2) is 0 Å². The average molecular weight is 424 g/mol. The van der Waals surface area contributed by atoms with Crippen LogP contribution in [0.15, 0.2) is 53.5 Å². The van der Waals surface area contributed by atoms with E-state index in [9.17, 15) is 13.6 Å². The Morgan fingerprint density at radius 2 is 1.87 bits per heavy atom. The largest absolute Gasteiger partial charge is 0.495 e. The van der Waals surface area contributed by atoms with E-state index in [1.54, 1.807) is 48.2 Å². The second-order valence-electron chi connectivity index (χ2n) is 7.30. The van der Waals surface area contributed by atoms with Crippen molar-refractivity contribution < 1.29 is 18.3 Å². The minimum absolute atomic E-state index is 0.0191. The third-order valence-corrected chi connectivity index (χ3v) is 5.29. The number of aromatic amines is 1. The number of ether oxygens (including phenoxy) is 2. The molecular formula is C22H18F2N4O3. The second-order valence-corrected chi connectivity index (χ2v) is 7.30. The van der Waals surface area contributed by atoms with Gasteiger partial charge in [0.15, 0.2) is 0 Å². The average Bonchev–Trinajstić information content (AvgIpc) is 3.53. The zero-order chi connectivity index (χ0) is 21.5. The number of fused-ring (bicyclic) bond motifs is 1. The Kier molecular flexibility index (Phi) is 4.65. The van der Waals surface area contributed by atoms with E-state index < -0.39 is 6.61 Å². The number of pyridine rings is 2. The van der Waals surface area contributed by atoms with Gasteiger partial charge in [0.1, 0.15) is 17.0 Å². The van der Waals surface area contributed by atoms with Crippen molar-refractivity contribution in [2.24, 2.45) is 0 Å². The molecule has 1 aromatic carbocycles. The highest BCUT2D eigenvalue weighted by molar-refractivity contribution is 5.84. The van der Waals surface area contributed by atoms with Crippen LogP contribution in [0.25, 0.3) is 28.0 Å². The third kappa shape index (κ3) is 3.52. The summed E-state index contributed by atoms with van der Waals surface area (Å²) in [5.74, 6) is 0.920. The van der Waals surface area contributed by atoms with Gasteiger partial charge >= 0.3 is 6.61 Å². The first-order valence-electron chi connectivity index (χ1n) is 9.75. The van der Waals surface area contributed by atoms with Gasteiger partial charge in [-0.15, -0.1) is 0 Å². The summed E-state index contributed by atoms with van der Waals surface area (Å²) in [6.07, 6.45) is 3.59. The van der Waals surface area contributed by atoms with Crippen molar-refractivity contribution in [2.75, 3.05) is 7.11 Å². The van der Waals surface area contributed by atoms with Gasteiger partial charge in [-0.05, 0) is 55.3 Å². The van der Waals surface area contributed by atoms with Crippen molar-refractivity contribution in [1.29, 1.82) is 0 Å². The summed E-state index contributed by atoms with van der Waals surface area (Å²) >= 11 is 0. The van der Waals surface area contributed by atoms with Crippen LogP contribution in [0.3, 0.4) is 0 Å². The standard InChI is InChI=1S/C22H18F2N4O3/c1-30-15-8-9-17(25-11-15)16-10-18-20(19(27-26-18)12-2-3-12)28(21(16)29)13-4-6-14(7-5-13)31-22(23)24/h4-12,22H,2-3H2,1H3,(H,26,27). The number of methoxy groups -OCH3 is 1. The van der Waals surface area contributed by atoms with Crippen LogP contribution < -0.4 is 15.0 Å². The molecule has 4 aromatic rings. The SMILES string of the molecule is COc1ccc(-c2cc3n[nH]c(C4CC4)c3n(-c3ccc(OC(F)F)cc3)c2=O)nc1. The van der Waals surface area contributed by atoms with Crippen LogP contribution in [-0.2, 0) is 0 Å². The summed E-state index contributed by atoms with van der Waals surface area (Å²) in [6, 6.07) is 11.1. The molecule has 0 aliphatic heterocycles. The van der Waals surface area contributed by atoms with E-state index in [1.165, 1.54) is 12.1 Å². The Morgan fingerprint density at radius 3 is 2.48 bits per heavy atom. The van der Waals surface area contributed by atoms with Crippen LogP contribution in [0.5, 0.6) is 11.5 Å². The minimum Gasteiger partial charge on any atom is -0.495 e. The highest BCUT2D eigenvalue weighted by atomic mass is 19.3. The molecule has 0 atom stereocenters. The van der Waals surface area contributed by atoms with Crippen LogP contribution in [0.4, 0.5) is 8.78 Å². The maximum Gasteiger partial charge on any atom is 0.387 e. The molecule has 7 nitrogen and oxygen atoms in total. The van der Waals surface area contributed by atoms with E-state index in [4.69, 9.17) is 4.74 Å². The second kappa shape index (κ2) is 7.50. The number of hydrogen-bond donors (Lipinski definition) is 1. The monoisotopic (exact) mass is 424 g/mol. The maximum absolute atomic E-state index is 13.6. The lowest BCUT2D eigenvalue weighted by atomic mass is 10.1. The molecule has 1 N–H and O–H groups in total. The van der Waals surface area contributed by atoms with E-state index in [1.807, 2.05) is 0 Å². The zero-order valence-corrected chi connectivity index (χ0v) is 16.5. The predicted octanol–water partition coefficient (Wildman–Crippen LogP) is 4.26. The molecule has 0 unspecified atom stereocenters. The van der Waals surface area contributed by atoms with E-state index in [0.29, 0.717) is 39.6 Å². The van der Waals surface area contributed by atoms with Gasteiger partial charge in [0, 0.05) is 11.6 Å². The first-order chi connectivity index (χ1) is 15.0. The quantitative estimate of drug-likeness (QED) is 0.500. The van der Waals surface area contributed by atoms with Gasteiger partial charge in [-0.1, -0.05) is 0 Å². The molecule has 0 radical (unpaired) electrons. The molecule has 0 amide bonds. The molecule has 31 heavy (non-hydrogen) atoms. The summed E-state index contributed by atoms with van der Waals surface area (Å²) < 4.78 is 36.2. The van der Waals surface area contributed by atoms with Crippen LogP contribution in [0.1, 0.15) is 24.5 Å². The van der Waals surface area contributed by atoms with Crippen LogP contribution in [0.2, 0.25) is 0 Å². The number of nitrogens with one attached hydrogen (secondary N) is 1. The Balaban J connectivity index is 1.71. The minimum atomic E-state index is -2.92. The summed E-state index contributed by atoms with van der Waals surface area (Å²) in [7, 11) is 1.54. The Labute approximate surface area is 175 Å². The number of H-pyrrole nitrogens is 1. The van der Waals surface area contributed by atoms with Crippen molar-refractivity contribution in [3.63, 3.8) is 0 Å². The van der Waals surface area contributed by atoms with Crippen LogP contribution in [-0.4, -0.2) is 33.5 Å². The van der Waals surface area contributed by atoms with Crippen molar-refractivity contribution >= 4 is 11.0 Å². The van der Waals surface area contributed by atoms with Crippen LogP contribution in [0, 0.1) is 0 Å². The number of halogens is 2. The summed E-state index contributed by atoms with van der Waals surface area (Å²) in [5, 5.41) is 7.50. The molecule has 3 heterocycles. The van der Waals surface area contributed by atoms with Gasteiger partial charge in [-0.3, -0.25) is 19.4 Å². The number of hydrogen-bond acceptors (Lipinski definition) is 5. The fraction of sp³-hybridized carbons (Fsp3) is 0.227. The molecule has 3 aromatic heterocycles. The topological polar surface area (TPSA) is 82.0 Å². The van der Waals surface area contributed by atoms with Crippen molar-refractivity contribution in [3.05, 3.63) is 64.7 Å². The fourth-order valence-electron chi connectivity index (χ4n) is 3.64. The first kappa shape index (κ1) is 19.2. The smallest absolute Gasteiger partial charge is 0.387 e. The van der Waals surface area contributed by atoms with Gasteiger partial charge in [0.2, 0.25) is 0 Å². The highest BCUT2D eigenvalue weighted by Gasteiger charge is 2.30. The van der Waals surface area contributed by atoms with Crippen molar-refractivity contribution in [2.45, 2.75) is 25.4 Å². The molecule has 0 saturated heterocycles. The molecule has 5 rings (SSSR count).